The molecule has 0 aromatic heterocycles. The first kappa shape index (κ1) is 73.9. The summed E-state index contributed by atoms with van der Waals surface area (Å²) < 4.78 is 0. The summed E-state index contributed by atoms with van der Waals surface area (Å²) in [5, 5.41) is 24.8. The molecule has 0 spiro atoms. The Hall–Kier alpha value is -3.16. The van der Waals surface area contributed by atoms with Gasteiger partial charge in [0.15, 0.2) is 0 Å². The topological polar surface area (TPSA) is 165 Å². The molecule has 0 aliphatic rings. The van der Waals surface area contributed by atoms with Gasteiger partial charge in [-0.05, 0) is 191 Å². The van der Waals surface area contributed by atoms with Crippen molar-refractivity contribution in [2.75, 3.05) is 0 Å². The number of halogens is 16. The smallest absolute Gasteiger partial charge is 0.443 e. The molecule has 1 radical (unpaired) electrons. The van der Waals surface area contributed by atoms with Crippen LogP contribution in [0.2, 0.25) is 80.4 Å². The first-order valence-electron chi connectivity index (χ1n) is 21.1. The second-order valence-corrected chi connectivity index (χ2v) is 21.6. The molecule has 419 valence electrons. The third kappa shape index (κ3) is 31.5. The van der Waals surface area contributed by atoms with E-state index in [1.165, 1.54) is 30.3 Å². The Morgan fingerprint density at radius 3 is 0.481 bits per heavy atom. The van der Waals surface area contributed by atoms with Gasteiger partial charge in [-0.25, -0.2) is 0 Å². The number of benzene rings is 8. The average molecular weight is 1580 g/mol. The van der Waals surface area contributed by atoms with E-state index in [1.807, 2.05) is 0 Å². The molecule has 0 saturated heterocycles. The van der Waals surface area contributed by atoms with Crippen LogP contribution in [-0.4, -0.2) is 25.4 Å². The second kappa shape index (κ2) is 39.5. The first-order valence-corrected chi connectivity index (χ1v) is 27.2. The number of hydrogen-bond acceptors (Lipinski definition) is 4. The van der Waals surface area contributed by atoms with Crippen LogP contribution in [0.15, 0.2) is 166 Å². The molecule has 0 N–H and O–H groups in total. The fourth-order valence-electron chi connectivity index (χ4n) is 5.56. The van der Waals surface area contributed by atoms with Gasteiger partial charge in [-0.15, -0.1) is 0 Å². The molecule has 0 heterocycles. The molecule has 81 heavy (non-hydrogen) atoms. The molecule has 0 saturated carbocycles. The fourth-order valence-corrected chi connectivity index (χ4v) is 9.68. The van der Waals surface area contributed by atoms with E-state index in [9.17, 15) is 0 Å². The summed E-state index contributed by atoms with van der Waals surface area (Å²) in [4.78, 5) is 18.0. The zero-order valence-electron chi connectivity index (χ0n) is 39.8. The first-order chi connectivity index (χ1) is 37.5. The zero-order chi connectivity index (χ0) is 58.0. The number of hydrogen-bond donors (Lipinski definition) is 0. The van der Waals surface area contributed by atoms with Crippen LogP contribution in [-0.2, 0) is 39.0 Å². The van der Waals surface area contributed by atoms with Crippen LogP contribution in [0, 0.1) is 0 Å². The Morgan fingerprint density at radius 1 is 0.247 bits per heavy atom. The average Bonchev–Trinajstić information content (AvgIpc) is 3.30. The van der Waals surface area contributed by atoms with Crippen molar-refractivity contribution in [3.05, 3.63) is 263 Å². The molecule has 11 nitrogen and oxygen atoms in total. The van der Waals surface area contributed by atoms with E-state index in [-0.39, 0.29) is 39.0 Å². The van der Waals surface area contributed by atoms with Crippen LogP contribution >= 0.6 is 186 Å². The molecular formula is C52H28Cl16N11Ru2. The van der Waals surface area contributed by atoms with Gasteiger partial charge >= 0.3 is 39.0 Å². The number of rotatable bonds is 12. The molecule has 0 amide bonds. The molecule has 8 aromatic rings. The molecule has 0 aliphatic heterocycles. The summed E-state index contributed by atoms with van der Waals surface area (Å²) in [6.45, 7) is 0. The van der Waals surface area contributed by atoms with Gasteiger partial charge in [0, 0.05) is 80.4 Å². The second-order valence-electron chi connectivity index (χ2n) is 14.6. The van der Waals surface area contributed by atoms with E-state index in [0.29, 0.717) is 126 Å². The summed E-state index contributed by atoms with van der Waals surface area (Å²) in [5.74, 6) is 0. The minimum absolute atomic E-state index is 0. The summed E-state index contributed by atoms with van der Waals surface area (Å²) >= 11 is 93.8. The SMILES string of the molecule is Clc1cc(Cl)cc(N=C[N-]c2cc(Cl)cc(Cl)c2)c1.Clc1cc(Cl)cc(N=C[N-]c2cc(Cl)cc(Cl)c2)c1.Clc1cc(Cl)cc(N=C[N-]c2cc(Cl)cc(Cl)c2)c1.Clc1cc(Cl)cc(N=C[N-]c2cc(Cl)cc(Cl)c2)c1.[N-]=[N+]=[N-].[Ru+2].[Ru+3]. The molecular weight excluding hydrogens is 1550 g/mol. The van der Waals surface area contributed by atoms with E-state index in [4.69, 9.17) is 197 Å². The van der Waals surface area contributed by atoms with Crippen LogP contribution in [0.1, 0.15) is 0 Å². The third-order valence-corrected chi connectivity index (χ3v) is 11.9. The van der Waals surface area contributed by atoms with Crippen molar-refractivity contribution in [2.45, 2.75) is 0 Å². The van der Waals surface area contributed by atoms with Crippen LogP contribution in [0.4, 0.5) is 45.5 Å². The molecule has 0 atom stereocenters. The van der Waals surface area contributed by atoms with Gasteiger partial charge in [-0.1, -0.05) is 211 Å². The molecule has 0 fully saturated rings. The molecule has 0 bridgehead atoms. The summed E-state index contributed by atoms with van der Waals surface area (Å²) in [6, 6.07) is 40.0. The Kier molecular flexibility index (Phi) is 36.0. The minimum Gasteiger partial charge on any atom is -0.443 e. The van der Waals surface area contributed by atoms with Crippen LogP contribution in [0.25, 0.3) is 37.2 Å². The van der Waals surface area contributed by atoms with Crippen molar-refractivity contribution < 1.29 is 39.0 Å². The van der Waals surface area contributed by atoms with Crippen LogP contribution < -0.4 is 0 Å². The summed E-state index contributed by atoms with van der Waals surface area (Å²) in [6.07, 6.45) is 5.57. The number of nitrogens with zero attached hydrogens (tertiary/aromatic N) is 11. The molecule has 8 aromatic carbocycles. The van der Waals surface area contributed by atoms with Crippen LogP contribution in [0.3, 0.4) is 0 Å². The van der Waals surface area contributed by atoms with Gasteiger partial charge in [0.05, 0.1) is 0 Å². The minimum atomic E-state index is 0. The van der Waals surface area contributed by atoms with E-state index in [2.05, 4.69) is 41.2 Å². The molecule has 8 rings (SSSR count). The molecule has 29 heteroatoms. The van der Waals surface area contributed by atoms with E-state index >= 15 is 0 Å². The monoisotopic (exact) mass is 1570 g/mol. The van der Waals surface area contributed by atoms with Gasteiger partial charge < -0.3 is 52.3 Å². The fraction of sp³-hybridized carbons (Fsp3) is 0. The van der Waals surface area contributed by atoms with Gasteiger partial charge in [0.25, 0.3) is 0 Å². The number of aliphatic imine (C=N–C) groups is 4. The van der Waals surface area contributed by atoms with Crippen molar-refractivity contribution in [1.82, 2.24) is 0 Å². The van der Waals surface area contributed by atoms with Crippen molar-refractivity contribution in [3.63, 3.8) is 0 Å². The third-order valence-electron chi connectivity index (χ3n) is 8.43. The van der Waals surface area contributed by atoms with E-state index < -0.39 is 0 Å². The molecule has 0 aliphatic carbocycles. The normalized spacial score (nSPS) is 10.4. The van der Waals surface area contributed by atoms with Crippen molar-refractivity contribution >= 4 is 256 Å². The van der Waals surface area contributed by atoms with Gasteiger partial charge in [0.2, 0.25) is 0 Å². The van der Waals surface area contributed by atoms with E-state index in [1.54, 1.807) is 146 Å². The van der Waals surface area contributed by atoms with Crippen molar-refractivity contribution in [3.8, 4) is 0 Å². The van der Waals surface area contributed by atoms with Gasteiger partial charge in [-0.3, -0.25) is 4.91 Å². The van der Waals surface area contributed by atoms with Crippen molar-refractivity contribution in [2.24, 2.45) is 20.0 Å². The standard InChI is InChI=1S/4C13H7Cl4N2.N3.2Ru/c4*14-8-1-9(15)4-12(3-8)18-7-19-13-5-10(16)2-11(17)6-13;1-3-2;;/h4*1-7H;;;/q5*-1;+2;+3. The Labute approximate surface area is 572 Å². The maximum absolute atomic E-state index is 6.75. The van der Waals surface area contributed by atoms with Crippen molar-refractivity contribution in [1.29, 1.82) is 0 Å². The Morgan fingerprint density at radius 2 is 0.358 bits per heavy atom. The Bertz CT molecular complexity index is 2910. The van der Waals surface area contributed by atoms with Gasteiger partial charge in [-0.2, -0.15) is 0 Å². The maximum atomic E-state index is 6.75. The van der Waals surface area contributed by atoms with E-state index in [0.717, 1.165) is 0 Å². The summed E-state index contributed by atoms with van der Waals surface area (Å²) in [5.41, 5.74) is 18.5. The quantitative estimate of drug-likeness (QED) is 0.0284. The van der Waals surface area contributed by atoms with Crippen LogP contribution in [0.5, 0.6) is 0 Å². The molecule has 0 unspecified atom stereocenters. The summed E-state index contributed by atoms with van der Waals surface area (Å²) in [7, 11) is 0. The predicted octanol–water partition coefficient (Wildman–Crippen LogP) is 27.5. The van der Waals surface area contributed by atoms with Gasteiger partial charge in [0.1, 0.15) is 0 Å². The Balaban J connectivity index is 0.000000360. The maximum Gasteiger partial charge on any atom is 3.00 e. The predicted molar refractivity (Wildman–Crippen MR) is 346 cm³/mol. The largest absolute Gasteiger partial charge is 3.00 e. The zero-order valence-corrected chi connectivity index (χ0v) is 55.4.